The lowest BCUT2D eigenvalue weighted by Crippen LogP contribution is -2.16. The van der Waals surface area contributed by atoms with Gasteiger partial charge < -0.3 is 14.4 Å². The summed E-state index contributed by atoms with van der Waals surface area (Å²) in [7, 11) is 1.67. The summed E-state index contributed by atoms with van der Waals surface area (Å²) in [5, 5.41) is 13.1. The van der Waals surface area contributed by atoms with Crippen molar-refractivity contribution < 1.29 is 9.84 Å². The van der Waals surface area contributed by atoms with Crippen molar-refractivity contribution in [3.63, 3.8) is 0 Å². The Bertz CT molecular complexity index is 1080. The average molecular weight is 503 g/mol. The van der Waals surface area contributed by atoms with E-state index >= 15 is 0 Å². The van der Waals surface area contributed by atoms with Gasteiger partial charge in [-0.2, -0.15) is 0 Å². The molecule has 4 rings (SSSR count). The van der Waals surface area contributed by atoms with Gasteiger partial charge in [-0.1, -0.05) is 44.0 Å². The van der Waals surface area contributed by atoms with Crippen LogP contribution < -0.4 is 4.74 Å². The van der Waals surface area contributed by atoms with Crippen LogP contribution in [0.1, 0.15) is 12.0 Å². The van der Waals surface area contributed by atoms with Crippen LogP contribution in [0.3, 0.4) is 0 Å². The van der Waals surface area contributed by atoms with E-state index in [2.05, 4.69) is 78.9 Å². The topological polar surface area (TPSA) is 34.4 Å². The standard InChI is InChI=1S/C23H21Br2NO2/c1-28-19-4-2-3-15(11-19)5-8-18(27)14-26-22-9-6-16(24)12-20(22)21-13-17(25)7-10-23(21)26/h2-4,6-7,9-13,18,27H,5,8,14H2,1H3. The lowest BCUT2D eigenvalue weighted by atomic mass is 10.1. The van der Waals surface area contributed by atoms with Crippen molar-refractivity contribution >= 4 is 53.7 Å². The van der Waals surface area contributed by atoms with Crippen LogP contribution in [0.25, 0.3) is 21.8 Å². The molecule has 0 aliphatic rings. The van der Waals surface area contributed by atoms with Crippen molar-refractivity contribution in [2.45, 2.75) is 25.5 Å². The Balaban J connectivity index is 1.61. The summed E-state index contributed by atoms with van der Waals surface area (Å²) in [5.41, 5.74) is 3.45. The second-order valence-electron chi connectivity index (χ2n) is 6.98. The van der Waals surface area contributed by atoms with Crippen LogP contribution in [0.4, 0.5) is 0 Å². The van der Waals surface area contributed by atoms with E-state index in [1.807, 2.05) is 18.2 Å². The fourth-order valence-corrected chi connectivity index (χ4v) is 4.43. The van der Waals surface area contributed by atoms with E-state index in [-0.39, 0.29) is 0 Å². The van der Waals surface area contributed by atoms with Crippen molar-refractivity contribution in [2.24, 2.45) is 0 Å². The van der Waals surface area contributed by atoms with E-state index in [1.54, 1.807) is 7.11 Å². The minimum atomic E-state index is -0.433. The first-order chi connectivity index (χ1) is 13.5. The molecule has 1 N–H and O–H groups in total. The maximum Gasteiger partial charge on any atom is 0.119 e. The maximum atomic E-state index is 10.8. The van der Waals surface area contributed by atoms with Crippen molar-refractivity contribution in [2.75, 3.05) is 7.11 Å². The van der Waals surface area contributed by atoms with Gasteiger partial charge >= 0.3 is 0 Å². The number of ether oxygens (including phenoxy) is 1. The third kappa shape index (κ3) is 3.97. The van der Waals surface area contributed by atoms with Crippen LogP contribution in [0, 0.1) is 0 Å². The average Bonchev–Trinajstić information content (AvgIpc) is 2.99. The number of fused-ring (bicyclic) bond motifs is 3. The Labute approximate surface area is 181 Å². The molecule has 0 aliphatic heterocycles. The number of aryl methyl sites for hydroxylation is 1. The summed E-state index contributed by atoms with van der Waals surface area (Å²) in [4.78, 5) is 0. The molecule has 0 spiro atoms. The van der Waals surface area contributed by atoms with Gasteiger partial charge in [-0.25, -0.2) is 0 Å². The Morgan fingerprint density at radius 2 is 1.57 bits per heavy atom. The fraction of sp³-hybridized carbons (Fsp3) is 0.217. The minimum absolute atomic E-state index is 0.433. The molecule has 28 heavy (non-hydrogen) atoms. The summed E-state index contributed by atoms with van der Waals surface area (Å²) in [5.74, 6) is 0.852. The molecule has 1 aromatic heterocycles. The van der Waals surface area contributed by atoms with Crippen LogP contribution in [-0.2, 0) is 13.0 Å². The third-order valence-electron chi connectivity index (χ3n) is 5.08. The van der Waals surface area contributed by atoms with Gasteiger partial charge in [0.05, 0.1) is 13.2 Å². The fourth-order valence-electron chi connectivity index (χ4n) is 3.71. The highest BCUT2D eigenvalue weighted by Gasteiger charge is 2.15. The van der Waals surface area contributed by atoms with Gasteiger partial charge in [0.25, 0.3) is 0 Å². The molecule has 0 aliphatic carbocycles. The van der Waals surface area contributed by atoms with Gasteiger partial charge in [0.15, 0.2) is 0 Å². The van der Waals surface area contributed by atoms with E-state index < -0.39 is 6.10 Å². The first kappa shape index (κ1) is 19.5. The molecule has 0 fully saturated rings. The second kappa shape index (κ2) is 8.27. The van der Waals surface area contributed by atoms with Crippen LogP contribution in [0.15, 0.2) is 69.6 Å². The number of aliphatic hydroxyl groups excluding tert-OH is 1. The van der Waals surface area contributed by atoms with Crippen molar-refractivity contribution in [1.29, 1.82) is 0 Å². The molecule has 1 heterocycles. The number of nitrogens with zero attached hydrogens (tertiary/aromatic N) is 1. The molecule has 0 bridgehead atoms. The van der Waals surface area contributed by atoms with Gasteiger partial charge in [0, 0.05) is 37.3 Å². The largest absolute Gasteiger partial charge is 0.497 e. The summed E-state index contributed by atoms with van der Waals surface area (Å²) in [6.07, 6.45) is 1.07. The lowest BCUT2D eigenvalue weighted by Gasteiger charge is -2.14. The van der Waals surface area contributed by atoms with Gasteiger partial charge in [0.2, 0.25) is 0 Å². The SMILES string of the molecule is COc1cccc(CCC(O)Cn2c3ccc(Br)cc3c3cc(Br)ccc32)c1. The Morgan fingerprint density at radius 3 is 2.18 bits per heavy atom. The summed E-state index contributed by atoms with van der Waals surface area (Å²) >= 11 is 7.16. The summed E-state index contributed by atoms with van der Waals surface area (Å²) in [6, 6.07) is 20.6. The van der Waals surface area contributed by atoms with Crippen molar-refractivity contribution in [3.05, 3.63) is 75.2 Å². The number of halogens is 2. The molecule has 0 saturated carbocycles. The first-order valence-corrected chi connectivity index (χ1v) is 10.8. The maximum absolute atomic E-state index is 10.8. The minimum Gasteiger partial charge on any atom is -0.497 e. The Morgan fingerprint density at radius 1 is 0.929 bits per heavy atom. The van der Waals surface area contributed by atoms with E-state index in [0.717, 1.165) is 32.1 Å². The molecule has 1 atom stereocenters. The molecule has 4 aromatic rings. The Hall–Kier alpha value is -1.82. The number of benzene rings is 3. The Kier molecular flexibility index (Phi) is 5.76. The van der Waals surface area contributed by atoms with Gasteiger partial charge in [-0.15, -0.1) is 0 Å². The highest BCUT2D eigenvalue weighted by Crippen LogP contribution is 2.33. The number of hydrogen-bond donors (Lipinski definition) is 1. The van der Waals surface area contributed by atoms with Crippen molar-refractivity contribution in [1.82, 2.24) is 4.57 Å². The van der Waals surface area contributed by atoms with Crippen LogP contribution in [0.5, 0.6) is 5.75 Å². The molecular weight excluding hydrogens is 482 g/mol. The predicted octanol–water partition coefficient (Wildman–Crippen LogP) is 6.32. The van der Waals surface area contributed by atoms with Crippen LogP contribution in [-0.4, -0.2) is 22.9 Å². The number of aliphatic hydroxyl groups is 1. The predicted molar refractivity (Wildman–Crippen MR) is 122 cm³/mol. The molecular formula is C23H21Br2NO2. The highest BCUT2D eigenvalue weighted by atomic mass is 79.9. The van der Waals surface area contributed by atoms with E-state index in [0.29, 0.717) is 13.0 Å². The molecule has 144 valence electrons. The number of hydrogen-bond acceptors (Lipinski definition) is 2. The van der Waals surface area contributed by atoms with Gasteiger partial charge in [-0.3, -0.25) is 0 Å². The normalized spacial score (nSPS) is 12.6. The molecule has 0 saturated heterocycles. The molecule has 0 radical (unpaired) electrons. The zero-order chi connectivity index (χ0) is 19.7. The zero-order valence-electron chi connectivity index (χ0n) is 15.5. The molecule has 3 aromatic carbocycles. The lowest BCUT2D eigenvalue weighted by molar-refractivity contribution is 0.147. The zero-order valence-corrected chi connectivity index (χ0v) is 18.7. The van der Waals surface area contributed by atoms with Crippen LogP contribution in [0.2, 0.25) is 0 Å². The van der Waals surface area contributed by atoms with Crippen LogP contribution >= 0.6 is 31.9 Å². The quantitative estimate of drug-likeness (QED) is 0.334. The van der Waals surface area contributed by atoms with E-state index in [4.69, 9.17) is 4.74 Å². The van der Waals surface area contributed by atoms with Gasteiger partial charge in [-0.05, 0) is 66.9 Å². The van der Waals surface area contributed by atoms with Gasteiger partial charge in [0.1, 0.15) is 5.75 Å². The number of aromatic nitrogens is 1. The molecule has 3 nitrogen and oxygen atoms in total. The van der Waals surface area contributed by atoms with E-state index in [1.165, 1.54) is 16.3 Å². The number of methoxy groups -OCH3 is 1. The first-order valence-electron chi connectivity index (χ1n) is 9.23. The molecule has 1 unspecified atom stereocenters. The highest BCUT2D eigenvalue weighted by molar-refractivity contribution is 9.10. The molecule has 0 amide bonds. The third-order valence-corrected chi connectivity index (χ3v) is 6.07. The van der Waals surface area contributed by atoms with E-state index in [9.17, 15) is 5.11 Å². The molecule has 5 heteroatoms. The summed E-state index contributed by atoms with van der Waals surface area (Å²) < 4.78 is 9.62. The van der Waals surface area contributed by atoms with Crippen molar-refractivity contribution in [3.8, 4) is 5.75 Å². The monoisotopic (exact) mass is 501 g/mol. The smallest absolute Gasteiger partial charge is 0.119 e. The number of rotatable bonds is 6. The second-order valence-corrected chi connectivity index (χ2v) is 8.81. The summed E-state index contributed by atoms with van der Waals surface area (Å²) in [6.45, 7) is 0.563.